The Bertz CT molecular complexity index is 501. The number of rotatable bonds is 2. The van der Waals surface area contributed by atoms with Gasteiger partial charge in [0.2, 0.25) is 6.79 Å². The second kappa shape index (κ2) is 5.00. The summed E-state index contributed by atoms with van der Waals surface area (Å²) >= 11 is 0. The minimum absolute atomic E-state index is 0.251. The van der Waals surface area contributed by atoms with Gasteiger partial charge in [0.15, 0.2) is 11.5 Å². The summed E-state index contributed by atoms with van der Waals surface area (Å²) in [4.78, 5) is 2.30. The molecule has 0 bridgehead atoms. The number of hydrogen-bond acceptors (Lipinski definition) is 4. The van der Waals surface area contributed by atoms with Gasteiger partial charge in [-0.25, -0.2) is 0 Å². The molecule has 100 valence electrons. The smallest absolute Gasteiger partial charge is 0.231 e. The molecule has 4 nitrogen and oxygen atoms in total. The monoisotopic (exact) mass is 258 g/mol. The highest BCUT2D eigenvalue weighted by Crippen LogP contribution is 2.37. The average molecular weight is 258 g/mol. The molecule has 0 N–H and O–H groups in total. The van der Waals surface area contributed by atoms with Gasteiger partial charge in [0, 0.05) is 30.8 Å². The number of benzene rings is 1. The van der Waals surface area contributed by atoms with Crippen molar-refractivity contribution in [3.63, 3.8) is 0 Å². The van der Waals surface area contributed by atoms with E-state index in [2.05, 4.69) is 24.1 Å². The van der Waals surface area contributed by atoms with Gasteiger partial charge in [0.05, 0.1) is 6.07 Å². The SMILES string of the molecule is CN(c1ccc2c(c1)OCO2)C1CCC(C#N)CC1. The molecule has 2 aliphatic rings. The third-order valence-corrected chi connectivity index (χ3v) is 4.19. The molecule has 0 spiro atoms. The molecule has 0 amide bonds. The molecule has 0 atom stereocenters. The largest absolute Gasteiger partial charge is 0.454 e. The van der Waals surface area contributed by atoms with E-state index in [1.807, 2.05) is 12.1 Å². The Morgan fingerprint density at radius 2 is 1.89 bits per heavy atom. The normalized spacial score (nSPS) is 24.8. The number of anilines is 1. The Kier molecular flexibility index (Phi) is 3.20. The Morgan fingerprint density at radius 3 is 2.63 bits per heavy atom. The van der Waals surface area contributed by atoms with Crippen LogP contribution in [-0.4, -0.2) is 19.9 Å². The number of ether oxygens (including phenoxy) is 2. The van der Waals surface area contributed by atoms with Gasteiger partial charge in [-0.2, -0.15) is 5.26 Å². The van der Waals surface area contributed by atoms with Crippen LogP contribution in [0.1, 0.15) is 25.7 Å². The highest BCUT2D eigenvalue weighted by atomic mass is 16.7. The van der Waals surface area contributed by atoms with Crippen molar-refractivity contribution in [3.05, 3.63) is 18.2 Å². The molecule has 1 fully saturated rings. The lowest BCUT2D eigenvalue weighted by Crippen LogP contribution is -2.34. The van der Waals surface area contributed by atoms with Crippen molar-refractivity contribution in [2.75, 3.05) is 18.7 Å². The Morgan fingerprint density at radius 1 is 1.16 bits per heavy atom. The van der Waals surface area contributed by atoms with Gasteiger partial charge in [-0.3, -0.25) is 0 Å². The number of fused-ring (bicyclic) bond motifs is 1. The van der Waals surface area contributed by atoms with Crippen molar-refractivity contribution in [2.45, 2.75) is 31.7 Å². The highest BCUT2D eigenvalue weighted by molar-refractivity contribution is 5.57. The van der Waals surface area contributed by atoms with Crippen molar-refractivity contribution in [1.82, 2.24) is 0 Å². The summed E-state index contributed by atoms with van der Waals surface area (Å²) in [5, 5.41) is 8.94. The van der Waals surface area contributed by atoms with Gasteiger partial charge in [-0.1, -0.05) is 0 Å². The maximum Gasteiger partial charge on any atom is 0.231 e. The lowest BCUT2D eigenvalue weighted by atomic mass is 9.86. The summed E-state index contributed by atoms with van der Waals surface area (Å²) in [6.45, 7) is 0.315. The van der Waals surface area contributed by atoms with E-state index in [9.17, 15) is 0 Å². The fourth-order valence-corrected chi connectivity index (χ4v) is 2.91. The van der Waals surface area contributed by atoms with Gasteiger partial charge in [-0.05, 0) is 37.8 Å². The first-order valence-corrected chi connectivity index (χ1v) is 6.80. The zero-order valence-corrected chi connectivity index (χ0v) is 11.1. The van der Waals surface area contributed by atoms with Crippen LogP contribution in [0.2, 0.25) is 0 Å². The van der Waals surface area contributed by atoms with Crippen molar-refractivity contribution in [2.24, 2.45) is 5.92 Å². The molecule has 0 unspecified atom stereocenters. The quantitative estimate of drug-likeness (QED) is 0.818. The van der Waals surface area contributed by atoms with E-state index < -0.39 is 0 Å². The fraction of sp³-hybridized carbons (Fsp3) is 0.533. The lowest BCUT2D eigenvalue weighted by molar-refractivity contribution is 0.174. The summed E-state index contributed by atoms with van der Waals surface area (Å²) in [5.41, 5.74) is 1.16. The van der Waals surface area contributed by atoms with Gasteiger partial charge in [0.1, 0.15) is 0 Å². The van der Waals surface area contributed by atoms with Gasteiger partial charge < -0.3 is 14.4 Å². The Balaban J connectivity index is 1.71. The lowest BCUT2D eigenvalue weighted by Gasteiger charge is -2.34. The van der Waals surface area contributed by atoms with E-state index in [4.69, 9.17) is 14.7 Å². The maximum atomic E-state index is 8.94. The number of hydrogen-bond donors (Lipinski definition) is 0. The van der Waals surface area contributed by atoms with E-state index in [0.717, 1.165) is 42.9 Å². The van der Waals surface area contributed by atoms with Gasteiger partial charge in [0.25, 0.3) is 0 Å². The summed E-state index contributed by atoms with van der Waals surface area (Å²) < 4.78 is 10.7. The van der Waals surface area contributed by atoms with Crippen LogP contribution >= 0.6 is 0 Å². The molecular weight excluding hydrogens is 240 g/mol. The zero-order chi connectivity index (χ0) is 13.2. The van der Waals surface area contributed by atoms with Crippen LogP contribution in [0.25, 0.3) is 0 Å². The summed E-state index contributed by atoms with van der Waals surface area (Å²) in [6.07, 6.45) is 4.19. The van der Waals surface area contributed by atoms with Crippen molar-refractivity contribution in [3.8, 4) is 17.6 Å². The minimum atomic E-state index is 0.251. The molecule has 3 rings (SSSR count). The third-order valence-electron chi connectivity index (χ3n) is 4.19. The minimum Gasteiger partial charge on any atom is -0.454 e. The van der Waals surface area contributed by atoms with E-state index in [1.54, 1.807) is 0 Å². The molecule has 1 aliphatic heterocycles. The molecule has 1 saturated carbocycles. The number of nitrogens with zero attached hydrogens (tertiary/aromatic N) is 2. The molecule has 4 heteroatoms. The Labute approximate surface area is 113 Å². The van der Waals surface area contributed by atoms with E-state index >= 15 is 0 Å². The van der Waals surface area contributed by atoms with Crippen LogP contribution < -0.4 is 14.4 Å². The molecule has 0 saturated heterocycles. The highest BCUT2D eigenvalue weighted by Gasteiger charge is 2.25. The molecule has 0 aromatic heterocycles. The van der Waals surface area contributed by atoms with E-state index in [-0.39, 0.29) is 5.92 Å². The molecule has 1 heterocycles. The molecule has 1 aliphatic carbocycles. The molecular formula is C15H18N2O2. The maximum absolute atomic E-state index is 8.94. The molecule has 0 radical (unpaired) electrons. The molecule has 19 heavy (non-hydrogen) atoms. The first-order chi connectivity index (χ1) is 9.28. The van der Waals surface area contributed by atoms with Crippen LogP contribution in [0.4, 0.5) is 5.69 Å². The third kappa shape index (κ3) is 2.33. The average Bonchev–Trinajstić information content (AvgIpc) is 2.94. The van der Waals surface area contributed by atoms with Crippen LogP contribution in [-0.2, 0) is 0 Å². The van der Waals surface area contributed by atoms with Gasteiger partial charge >= 0.3 is 0 Å². The van der Waals surface area contributed by atoms with Crippen molar-refractivity contribution in [1.29, 1.82) is 5.26 Å². The first kappa shape index (κ1) is 12.2. The predicted molar refractivity (Wildman–Crippen MR) is 72.3 cm³/mol. The predicted octanol–water partition coefficient (Wildman–Crippen LogP) is 2.93. The number of nitriles is 1. The van der Waals surface area contributed by atoms with Crippen LogP contribution in [0.3, 0.4) is 0 Å². The Hall–Kier alpha value is -1.89. The van der Waals surface area contributed by atoms with Crippen LogP contribution in [0, 0.1) is 17.2 Å². The molecule has 1 aromatic rings. The van der Waals surface area contributed by atoms with E-state index in [1.165, 1.54) is 0 Å². The summed E-state index contributed by atoms with van der Waals surface area (Å²) in [5.74, 6) is 1.90. The topological polar surface area (TPSA) is 45.5 Å². The zero-order valence-electron chi connectivity index (χ0n) is 11.1. The van der Waals surface area contributed by atoms with E-state index in [0.29, 0.717) is 12.8 Å². The standard InChI is InChI=1S/C15H18N2O2/c1-17(12-4-2-11(9-16)3-5-12)13-6-7-14-15(8-13)19-10-18-14/h6-8,11-12H,2-5,10H2,1H3. The fourth-order valence-electron chi connectivity index (χ4n) is 2.91. The van der Waals surface area contributed by atoms with Gasteiger partial charge in [-0.15, -0.1) is 0 Å². The molecule has 1 aromatic carbocycles. The van der Waals surface area contributed by atoms with Crippen molar-refractivity contribution < 1.29 is 9.47 Å². The first-order valence-electron chi connectivity index (χ1n) is 6.80. The van der Waals surface area contributed by atoms with Crippen LogP contribution in [0.15, 0.2) is 18.2 Å². The van der Waals surface area contributed by atoms with Crippen LogP contribution in [0.5, 0.6) is 11.5 Å². The summed E-state index contributed by atoms with van der Waals surface area (Å²) in [6, 6.07) is 8.98. The second-order valence-electron chi connectivity index (χ2n) is 5.28. The second-order valence-corrected chi connectivity index (χ2v) is 5.28. The van der Waals surface area contributed by atoms with Crippen molar-refractivity contribution >= 4 is 5.69 Å². The summed E-state index contributed by atoms with van der Waals surface area (Å²) in [7, 11) is 2.12.